The Morgan fingerprint density at radius 1 is 1.30 bits per heavy atom. The lowest BCUT2D eigenvalue weighted by Gasteiger charge is -2.25. The minimum atomic E-state index is -0.761. The first-order valence-electron chi connectivity index (χ1n) is 7.75. The molecule has 23 heavy (non-hydrogen) atoms. The summed E-state index contributed by atoms with van der Waals surface area (Å²) in [6.45, 7) is 1.93. The second-order valence-corrected chi connectivity index (χ2v) is 5.78. The van der Waals surface area contributed by atoms with Gasteiger partial charge >= 0.3 is 5.97 Å². The molecule has 2 heterocycles. The van der Waals surface area contributed by atoms with Crippen LogP contribution in [0.25, 0.3) is 0 Å². The molecule has 1 amide bonds. The smallest absolute Gasteiger partial charge is 0.339 e. The standard InChI is InChI=1S/C18H19NO4/c1-12(8-9-14-6-4-10-22-14)19-17(20)16-11-13-5-2-3-7-15(13)18(21)23-16/h2-7,10,12,16H,8-9,11H2,1H3,(H,19,20)/t12-,16+/m0/s1. The van der Waals surface area contributed by atoms with Crippen LogP contribution in [0.5, 0.6) is 0 Å². The van der Waals surface area contributed by atoms with E-state index in [1.165, 1.54) is 0 Å². The van der Waals surface area contributed by atoms with E-state index in [-0.39, 0.29) is 11.9 Å². The predicted molar refractivity (Wildman–Crippen MR) is 84.0 cm³/mol. The highest BCUT2D eigenvalue weighted by atomic mass is 16.5. The number of ether oxygens (including phenoxy) is 1. The number of aryl methyl sites for hydroxylation is 1. The highest BCUT2D eigenvalue weighted by Gasteiger charge is 2.31. The molecule has 0 saturated heterocycles. The van der Waals surface area contributed by atoms with Crippen molar-refractivity contribution in [2.45, 2.75) is 38.3 Å². The van der Waals surface area contributed by atoms with Gasteiger partial charge < -0.3 is 14.5 Å². The molecule has 3 rings (SSSR count). The minimum Gasteiger partial charge on any atom is -0.469 e. The number of furan rings is 1. The van der Waals surface area contributed by atoms with Crippen LogP contribution in [0.3, 0.4) is 0 Å². The van der Waals surface area contributed by atoms with Gasteiger partial charge in [0.25, 0.3) is 5.91 Å². The van der Waals surface area contributed by atoms with Crippen molar-refractivity contribution in [2.24, 2.45) is 0 Å². The minimum absolute atomic E-state index is 0.0246. The van der Waals surface area contributed by atoms with Gasteiger partial charge in [0.15, 0.2) is 6.10 Å². The molecule has 0 radical (unpaired) electrons. The number of nitrogens with one attached hydrogen (secondary N) is 1. The number of hydrogen-bond acceptors (Lipinski definition) is 4. The highest BCUT2D eigenvalue weighted by molar-refractivity contribution is 5.95. The van der Waals surface area contributed by atoms with Crippen LogP contribution in [0.4, 0.5) is 0 Å². The molecular weight excluding hydrogens is 294 g/mol. The zero-order valence-corrected chi connectivity index (χ0v) is 13.0. The molecule has 0 saturated carbocycles. The van der Waals surface area contributed by atoms with Crippen LogP contribution in [-0.2, 0) is 22.4 Å². The van der Waals surface area contributed by atoms with Gasteiger partial charge in [-0.3, -0.25) is 4.79 Å². The molecule has 1 aromatic carbocycles. The molecule has 1 aliphatic heterocycles. The average molecular weight is 313 g/mol. The van der Waals surface area contributed by atoms with Gasteiger partial charge in [-0.15, -0.1) is 0 Å². The van der Waals surface area contributed by atoms with Gasteiger partial charge in [0.1, 0.15) is 5.76 Å². The van der Waals surface area contributed by atoms with Gasteiger partial charge in [-0.1, -0.05) is 18.2 Å². The summed E-state index contributed by atoms with van der Waals surface area (Å²) in [6, 6.07) is 11.0. The fourth-order valence-corrected chi connectivity index (χ4v) is 2.70. The fraction of sp³-hybridized carbons (Fsp3) is 0.333. The predicted octanol–water partition coefficient (Wildman–Crippen LogP) is 2.50. The first kappa shape index (κ1) is 15.3. The Kier molecular flexibility index (Phi) is 4.46. The van der Waals surface area contributed by atoms with Crippen molar-refractivity contribution in [3.63, 3.8) is 0 Å². The van der Waals surface area contributed by atoms with Crippen LogP contribution in [0.2, 0.25) is 0 Å². The largest absolute Gasteiger partial charge is 0.469 e. The summed E-state index contributed by atoms with van der Waals surface area (Å²) in [5, 5.41) is 2.91. The first-order chi connectivity index (χ1) is 11.1. The van der Waals surface area contributed by atoms with Gasteiger partial charge in [-0.05, 0) is 37.1 Å². The number of fused-ring (bicyclic) bond motifs is 1. The monoisotopic (exact) mass is 313 g/mol. The van der Waals surface area contributed by atoms with Gasteiger partial charge in [0.2, 0.25) is 0 Å². The number of cyclic esters (lactones) is 1. The van der Waals surface area contributed by atoms with Crippen molar-refractivity contribution in [1.29, 1.82) is 0 Å². The highest BCUT2D eigenvalue weighted by Crippen LogP contribution is 2.20. The summed E-state index contributed by atoms with van der Waals surface area (Å²) >= 11 is 0. The summed E-state index contributed by atoms with van der Waals surface area (Å²) in [4.78, 5) is 24.3. The van der Waals surface area contributed by atoms with Crippen LogP contribution in [0, 0.1) is 0 Å². The second-order valence-electron chi connectivity index (χ2n) is 5.78. The molecule has 1 aromatic heterocycles. The molecule has 0 aliphatic carbocycles. The summed E-state index contributed by atoms with van der Waals surface area (Å²) in [6.07, 6.45) is 2.80. The van der Waals surface area contributed by atoms with E-state index < -0.39 is 12.1 Å². The van der Waals surface area contributed by atoms with Crippen LogP contribution in [0.15, 0.2) is 47.1 Å². The number of hydrogen-bond donors (Lipinski definition) is 1. The number of benzene rings is 1. The molecule has 1 aliphatic rings. The van der Waals surface area contributed by atoms with Crippen molar-refractivity contribution < 1.29 is 18.7 Å². The number of carbonyl (C=O) groups excluding carboxylic acids is 2. The Morgan fingerprint density at radius 2 is 2.13 bits per heavy atom. The average Bonchev–Trinajstić information content (AvgIpc) is 3.06. The lowest BCUT2D eigenvalue weighted by molar-refractivity contribution is -0.131. The SMILES string of the molecule is C[C@@H](CCc1ccco1)NC(=O)[C@H]1Cc2ccccc2C(=O)O1. The maximum atomic E-state index is 12.3. The summed E-state index contributed by atoms with van der Waals surface area (Å²) < 4.78 is 10.5. The number of carbonyl (C=O) groups is 2. The summed E-state index contributed by atoms with van der Waals surface area (Å²) in [5.41, 5.74) is 1.40. The maximum absolute atomic E-state index is 12.3. The Morgan fingerprint density at radius 3 is 2.91 bits per heavy atom. The van der Waals surface area contributed by atoms with E-state index in [4.69, 9.17) is 9.15 Å². The van der Waals surface area contributed by atoms with Gasteiger partial charge in [-0.25, -0.2) is 4.79 Å². The topological polar surface area (TPSA) is 68.5 Å². The molecule has 120 valence electrons. The molecular formula is C18H19NO4. The van der Waals surface area contributed by atoms with E-state index >= 15 is 0 Å². The van der Waals surface area contributed by atoms with E-state index in [0.717, 1.165) is 24.2 Å². The number of rotatable bonds is 5. The van der Waals surface area contributed by atoms with Crippen molar-refractivity contribution in [3.8, 4) is 0 Å². The van der Waals surface area contributed by atoms with Crippen molar-refractivity contribution in [3.05, 3.63) is 59.5 Å². The number of amides is 1. The molecule has 2 aromatic rings. The molecule has 2 atom stereocenters. The third-order valence-electron chi connectivity index (χ3n) is 3.98. The lowest BCUT2D eigenvalue weighted by Crippen LogP contribution is -2.45. The Bertz CT molecular complexity index is 693. The van der Waals surface area contributed by atoms with Crippen molar-refractivity contribution in [1.82, 2.24) is 5.32 Å². The zero-order chi connectivity index (χ0) is 16.2. The first-order valence-corrected chi connectivity index (χ1v) is 7.75. The molecule has 0 bridgehead atoms. The van der Waals surface area contributed by atoms with Crippen LogP contribution in [0.1, 0.15) is 35.0 Å². The van der Waals surface area contributed by atoms with Gasteiger partial charge in [-0.2, -0.15) is 0 Å². The lowest BCUT2D eigenvalue weighted by atomic mass is 9.98. The third-order valence-corrected chi connectivity index (χ3v) is 3.98. The fourth-order valence-electron chi connectivity index (χ4n) is 2.70. The molecule has 0 unspecified atom stereocenters. The van der Waals surface area contributed by atoms with Gasteiger partial charge in [0, 0.05) is 18.9 Å². The van der Waals surface area contributed by atoms with Gasteiger partial charge in [0.05, 0.1) is 11.8 Å². The summed E-state index contributed by atoms with van der Waals surface area (Å²) in [5.74, 6) is 0.208. The molecule has 5 nitrogen and oxygen atoms in total. The van der Waals surface area contributed by atoms with Crippen LogP contribution in [-0.4, -0.2) is 24.0 Å². The Labute approximate surface area is 134 Å². The van der Waals surface area contributed by atoms with E-state index in [2.05, 4.69) is 5.32 Å². The molecule has 5 heteroatoms. The Balaban J connectivity index is 1.55. The van der Waals surface area contributed by atoms with E-state index in [1.807, 2.05) is 31.2 Å². The maximum Gasteiger partial charge on any atom is 0.339 e. The second kappa shape index (κ2) is 6.69. The van der Waals surface area contributed by atoms with Crippen molar-refractivity contribution in [2.75, 3.05) is 0 Å². The van der Waals surface area contributed by atoms with Crippen molar-refractivity contribution >= 4 is 11.9 Å². The van der Waals surface area contributed by atoms with E-state index in [1.54, 1.807) is 18.4 Å². The quantitative estimate of drug-likeness (QED) is 0.861. The zero-order valence-electron chi connectivity index (χ0n) is 13.0. The normalized spacial score (nSPS) is 18.0. The third kappa shape index (κ3) is 3.62. The molecule has 0 fully saturated rings. The summed E-state index contributed by atoms with van der Waals surface area (Å²) in [7, 11) is 0. The number of esters is 1. The van der Waals surface area contributed by atoms with Crippen LogP contribution < -0.4 is 5.32 Å². The Hall–Kier alpha value is -2.56. The van der Waals surface area contributed by atoms with E-state index in [9.17, 15) is 9.59 Å². The molecule has 1 N–H and O–H groups in total. The van der Waals surface area contributed by atoms with Crippen LogP contribution >= 0.6 is 0 Å². The molecule has 0 spiro atoms. The van der Waals surface area contributed by atoms with E-state index in [0.29, 0.717) is 12.0 Å².